The van der Waals surface area contributed by atoms with Crippen LogP contribution in [0.1, 0.15) is 25.0 Å². The molecule has 0 atom stereocenters. The molecule has 6 aromatic carbocycles. The number of anilines is 3. The highest BCUT2D eigenvalue weighted by Crippen LogP contribution is 2.52. The van der Waals surface area contributed by atoms with Gasteiger partial charge in [-0.3, -0.25) is 0 Å². The van der Waals surface area contributed by atoms with E-state index in [0.717, 1.165) is 0 Å². The lowest BCUT2D eigenvalue weighted by atomic mass is 9.73. The standard InChI is InChI=1S/C39H27NS2/c1-39(2)29-15-4-6-17-31(29)40(32-18-7-5-16-30(32)39)25-12-9-11-24(23-25)26-14-10-20-34-36(26)37-35(41-34)22-21-28-27-13-3-8-19-33(27)42-38(28)37/h3-23H,1-2H3. The van der Waals surface area contributed by atoms with Gasteiger partial charge in [0.15, 0.2) is 0 Å². The minimum Gasteiger partial charge on any atom is -0.310 e. The van der Waals surface area contributed by atoms with E-state index < -0.39 is 0 Å². The van der Waals surface area contributed by atoms with Crippen molar-refractivity contribution in [2.75, 3.05) is 4.90 Å². The fourth-order valence-corrected chi connectivity index (χ4v) is 9.55. The van der Waals surface area contributed by atoms with Gasteiger partial charge in [-0.1, -0.05) is 98.8 Å². The van der Waals surface area contributed by atoms with Gasteiger partial charge < -0.3 is 4.90 Å². The molecule has 0 saturated heterocycles. The molecule has 0 N–H and O–H groups in total. The van der Waals surface area contributed by atoms with Crippen LogP contribution in [0.25, 0.3) is 51.5 Å². The predicted octanol–water partition coefficient (Wildman–Crippen LogP) is 12.2. The molecule has 0 amide bonds. The topological polar surface area (TPSA) is 3.24 Å². The van der Waals surface area contributed by atoms with Crippen LogP contribution in [0.4, 0.5) is 17.1 Å². The molecule has 0 saturated carbocycles. The average Bonchev–Trinajstić information content (AvgIpc) is 3.60. The Bertz CT molecular complexity index is 2300. The average molecular weight is 574 g/mol. The maximum Gasteiger partial charge on any atom is 0.0502 e. The zero-order valence-electron chi connectivity index (χ0n) is 23.4. The van der Waals surface area contributed by atoms with Crippen molar-refractivity contribution in [3.8, 4) is 11.1 Å². The van der Waals surface area contributed by atoms with Crippen molar-refractivity contribution in [3.63, 3.8) is 0 Å². The predicted molar refractivity (Wildman–Crippen MR) is 184 cm³/mol. The second kappa shape index (κ2) is 8.78. The molecular formula is C39H27NS2. The van der Waals surface area contributed by atoms with E-state index in [9.17, 15) is 0 Å². The number of thiophene rings is 2. The molecule has 0 spiro atoms. The minimum atomic E-state index is -0.0713. The van der Waals surface area contributed by atoms with Crippen molar-refractivity contribution in [3.05, 3.63) is 139 Å². The Balaban J connectivity index is 1.30. The van der Waals surface area contributed by atoms with Crippen molar-refractivity contribution in [2.45, 2.75) is 19.3 Å². The number of fused-ring (bicyclic) bond motifs is 9. The van der Waals surface area contributed by atoms with Gasteiger partial charge in [0.2, 0.25) is 0 Å². The molecule has 8 aromatic rings. The number of nitrogens with zero attached hydrogens (tertiary/aromatic N) is 1. The van der Waals surface area contributed by atoms with E-state index in [1.165, 1.54) is 79.7 Å². The van der Waals surface area contributed by atoms with E-state index >= 15 is 0 Å². The SMILES string of the molecule is CC1(C)c2ccccc2N(c2cccc(-c3cccc4sc5ccc6c7ccccc7sc6c5c34)c2)c2ccccc21. The van der Waals surface area contributed by atoms with Gasteiger partial charge in [0, 0.05) is 51.4 Å². The third-order valence-electron chi connectivity index (χ3n) is 9.06. The molecule has 0 bridgehead atoms. The van der Waals surface area contributed by atoms with Gasteiger partial charge >= 0.3 is 0 Å². The lowest BCUT2D eigenvalue weighted by Crippen LogP contribution is -2.30. The summed E-state index contributed by atoms with van der Waals surface area (Å²) in [4.78, 5) is 2.45. The summed E-state index contributed by atoms with van der Waals surface area (Å²) in [6, 6.07) is 47.2. The maximum absolute atomic E-state index is 2.45. The molecule has 3 heteroatoms. The molecule has 200 valence electrons. The quantitative estimate of drug-likeness (QED) is 0.199. The van der Waals surface area contributed by atoms with E-state index in [0.29, 0.717) is 0 Å². The van der Waals surface area contributed by atoms with Crippen molar-refractivity contribution in [2.24, 2.45) is 0 Å². The second-order valence-corrected chi connectivity index (χ2v) is 13.9. The number of hydrogen-bond donors (Lipinski definition) is 0. The number of hydrogen-bond acceptors (Lipinski definition) is 3. The second-order valence-electron chi connectivity index (χ2n) is 11.7. The summed E-state index contributed by atoms with van der Waals surface area (Å²) in [5.74, 6) is 0. The van der Waals surface area contributed by atoms with Crippen LogP contribution in [0.15, 0.2) is 127 Å². The molecule has 0 aliphatic carbocycles. The molecule has 0 unspecified atom stereocenters. The molecule has 1 nitrogen and oxygen atoms in total. The van der Waals surface area contributed by atoms with Crippen molar-refractivity contribution in [1.29, 1.82) is 0 Å². The smallest absolute Gasteiger partial charge is 0.0502 e. The maximum atomic E-state index is 2.45. The zero-order chi connectivity index (χ0) is 28.0. The first-order valence-corrected chi connectivity index (χ1v) is 16.1. The Morgan fingerprint density at radius 3 is 2.00 bits per heavy atom. The molecule has 42 heavy (non-hydrogen) atoms. The Labute approximate surface area is 252 Å². The first-order chi connectivity index (χ1) is 20.6. The largest absolute Gasteiger partial charge is 0.310 e. The van der Waals surface area contributed by atoms with Crippen molar-refractivity contribution >= 4 is 80.1 Å². The molecule has 2 aromatic heterocycles. The van der Waals surface area contributed by atoms with Crippen molar-refractivity contribution < 1.29 is 0 Å². The highest BCUT2D eigenvalue weighted by Gasteiger charge is 2.36. The van der Waals surface area contributed by atoms with Crippen LogP contribution in [0, 0.1) is 0 Å². The lowest BCUT2D eigenvalue weighted by Gasteiger charge is -2.42. The highest BCUT2D eigenvalue weighted by molar-refractivity contribution is 7.29. The van der Waals surface area contributed by atoms with Gasteiger partial charge in [-0.25, -0.2) is 0 Å². The Kier molecular flexibility index (Phi) is 5.06. The van der Waals surface area contributed by atoms with Crippen LogP contribution in [-0.4, -0.2) is 0 Å². The summed E-state index contributed by atoms with van der Waals surface area (Å²) in [6.45, 7) is 4.69. The lowest BCUT2D eigenvalue weighted by molar-refractivity contribution is 0.632. The summed E-state index contributed by atoms with van der Waals surface area (Å²) in [5.41, 5.74) is 8.87. The summed E-state index contributed by atoms with van der Waals surface area (Å²) in [7, 11) is 0. The Hall–Kier alpha value is -4.44. The van der Waals surface area contributed by atoms with Gasteiger partial charge in [0.25, 0.3) is 0 Å². The van der Waals surface area contributed by atoms with Gasteiger partial charge in [-0.05, 0) is 64.7 Å². The third-order valence-corrected chi connectivity index (χ3v) is 11.4. The van der Waals surface area contributed by atoms with E-state index in [1.54, 1.807) is 0 Å². The third kappa shape index (κ3) is 3.29. The zero-order valence-corrected chi connectivity index (χ0v) is 25.0. The number of rotatable bonds is 2. The molecule has 1 aliphatic heterocycles. The van der Waals surface area contributed by atoms with Crippen LogP contribution < -0.4 is 4.90 Å². The van der Waals surface area contributed by atoms with Gasteiger partial charge in [-0.2, -0.15) is 0 Å². The van der Waals surface area contributed by atoms with Crippen LogP contribution >= 0.6 is 22.7 Å². The van der Waals surface area contributed by atoms with E-state index in [-0.39, 0.29) is 5.41 Å². The fraction of sp³-hybridized carbons (Fsp3) is 0.0769. The molecule has 0 radical (unpaired) electrons. The molecule has 1 aliphatic rings. The van der Waals surface area contributed by atoms with Gasteiger partial charge in [0.1, 0.15) is 0 Å². The summed E-state index contributed by atoms with van der Waals surface area (Å²) < 4.78 is 5.44. The number of benzene rings is 6. The summed E-state index contributed by atoms with van der Waals surface area (Å²) in [5, 5.41) is 5.47. The van der Waals surface area contributed by atoms with E-state index in [4.69, 9.17) is 0 Å². The normalized spacial score (nSPS) is 14.1. The Morgan fingerprint density at radius 2 is 1.19 bits per heavy atom. The molecule has 3 heterocycles. The monoisotopic (exact) mass is 573 g/mol. The van der Waals surface area contributed by atoms with Crippen LogP contribution in [-0.2, 0) is 5.41 Å². The summed E-state index contributed by atoms with van der Waals surface area (Å²) >= 11 is 3.83. The van der Waals surface area contributed by atoms with Crippen LogP contribution in [0.5, 0.6) is 0 Å². The van der Waals surface area contributed by atoms with Crippen LogP contribution in [0.3, 0.4) is 0 Å². The minimum absolute atomic E-state index is 0.0713. The number of para-hydroxylation sites is 2. The highest BCUT2D eigenvalue weighted by atomic mass is 32.1. The first-order valence-electron chi connectivity index (χ1n) is 14.4. The fourth-order valence-electron chi connectivity index (χ4n) is 7.09. The molecular weight excluding hydrogens is 547 g/mol. The van der Waals surface area contributed by atoms with Crippen molar-refractivity contribution in [1.82, 2.24) is 0 Å². The van der Waals surface area contributed by atoms with Gasteiger partial charge in [0.05, 0.1) is 11.4 Å². The summed E-state index contributed by atoms with van der Waals surface area (Å²) in [6.07, 6.45) is 0. The molecule has 0 fully saturated rings. The van der Waals surface area contributed by atoms with E-state index in [2.05, 4.69) is 146 Å². The van der Waals surface area contributed by atoms with Gasteiger partial charge in [-0.15, -0.1) is 22.7 Å². The Morgan fingerprint density at radius 1 is 0.524 bits per heavy atom. The molecule has 9 rings (SSSR count). The van der Waals surface area contributed by atoms with Crippen LogP contribution in [0.2, 0.25) is 0 Å². The first kappa shape index (κ1) is 24.2. The van der Waals surface area contributed by atoms with E-state index in [1.807, 2.05) is 22.7 Å².